The minimum atomic E-state index is -0.212. The molecule has 138 valence electrons. The number of nitrogens with one attached hydrogen (secondary N) is 2. The Bertz CT molecular complexity index is 915. The Kier molecular flexibility index (Phi) is 6.39. The first kappa shape index (κ1) is 18.9. The number of rotatable bonds is 7. The van der Waals surface area contributed by atoms with Gasteiger partial charge in [-0.1, -0.05) is 48.0 Å². The van der Waals surface area contributed by atoms with Crippen molar-refractivity contribution < 1.29 is 4.79 Å². The molecule has 1 aromatic heterocycles. The molecule has 0 radical (unpaired) electrons. The molecule has 0 unspecified atom stereocenters. The lowest BCUT2D eigenvalue weighted by molar-refractivity contribution is 0.0948. The number of aromatic nitrogens is 2. The van der Waals surface area contributed by atoms with Crippen molar-refractivity contribution in [3.05, 3.63) is 82.6 Å². The van der Waals surface area contributed by atoms with Crippen molar-refractivity contribution in [1.29, 1.82) is 0 Å². The summed E-state index contributed by atoms with van der Waals surface area (Å²) in [6, 6.07) is 17.3. The van der Waals surface area contributed by atoms with Gasteiger partial charge in [0.2, 0.25) is 5.95 Å². The SMILES string of the molecule is Cc1ccc(Cl)cc1Nc1nccc(C(=O)NCCCc2ccccc2)n1. The number of benzene rings is 2. The number of halogens is 1. The molecular formula is C21H21ClN4O. The number of aryl methyl sites for hydroxylation is 2. The molecule has 1 heterocycles. The van der Waals surface area contributed by atoms with E-state index in [9.17, 15) is 4.79 Å². The van der Waals surface area contributed by atoms with Gasteiger partial charge in [0.1, 0.15) is 5.69 Å². The number of nitrogens with zero attached hydrogens (tertiary/aromatic N) is 2. The van der Waals surface area contributed by atoms with Gasteiger partial charge in [-0.25, -0.2) is 9.97 Å². The topological polar surface area (TPSA) is 66.9 Å². The maximum atomic E-state index is 12.3. The molecular weight excluding hydrogens is 360 g/mol. The highest BCUT2D eigenvalue weighted by Crippen LogP contribution is 2.22. The third-order valence-electron chi connectivity index (χ3n) is 4.10. The van der Waals surface area contributed by atoms with E-state index >= 15 is 0 Å². The van der Waals surface area contributed by atoms with Crippen LogP contribution in [0.3, 0.4) is 0 Å². The molecule has 3 rings (SSSR count). The highest BCUT2D eigenvalue weighted by atomic mass is 35.5. The zero-order valence-corrected chi connectivity index (χ0v) is 15.8. The molecule has 0 atom stereocenters. The average Bonchev–Trinajstić information content (AvgIpc) is 2.69. The van der Waals surface area contributed by atoms with Crippen LogP contribution in [0.25, 0.3) is 0 Å². The Morgan fingerprint density at radius 3 is 2.74 bits per heavy atom. The second kappa shape index (κ2) is 9.14. The molecule has 5 nitrogen and oxygen atoms in total. The zero-order chi connectivity index (χ0) is 19.1. The fraction of sp³-hybridized carbons (Fsp3) is 0.190. The largest absolute Gasteiger partial charge is 0.351 e. The molecule has 2 N–H and O–H groups in total. The summed E-state index contributed by atoms with van der Waals surface area (Å²) in [7, 11) is 0. The molecule has 0 spiro atoms. The molecule has 6 heteroatoms. The first-order valence-electron chi connectivity index (χ1n) is 8.80. The second-order valence-electron chi connectivity index (χ2n) is 6.19. The van der Waals surface area contributed by atoms with Crippen LogP contribution in [-0.4, -0.2) is 22.4 Å². The monoisotopic (exact) mass is 380 g/mol. The lowest BCUT2D eigenvalue weighted by Gasteiger charge is -2.10. The van der Waals surface area contributed by atoms with E-state index in [1.807, 2.05) is 37.3 Å². The quantitative estimate of drug-likeness (QED) is 0.590. The van der Waals surface area contributed by atoms with Crippen LogP contribution in [0, 0.1) is 6.92 Å². The van der Waals surface area contributed by atoms with E-state index < -0.39 is 0 Å². The molecule has 0 aliphatic heterocycles. The molecule has 1 amide bonds. The highest BCUT2D eigenvalue weighted by Gasteiger charge is 2.09. The van der Waals surface area contributed by atoms with Gasteiger partial charge in [-0.3, -0.25) is 4.79 Å². The lowest BCUT2D eigenvalue weighted by atomic mass is 10.1. The lowest BCUT2D eigenvalue weighted by Crippen LogP contribution is -2.26. The van der Waals surface area contributed by atoms with Crippen LogP contribution >= 0.6 is 11.6 Å². The smallest absolute Gasteiger partial charge is 0.270 e. The summed E-state index contributed by atoms with van der Waals surface area (Å²) in [5, 5.41) is 6.63. The summed E-state index contributed by atoms with van der Waals surface area (Å²) in [5.41, 5.74) is 3.41. The van der Waals surface area contributed by atoms with Crippen molar-refractivity contribution >= 4 is 29.1 Å². The van der Waals surface area contributed by atoms with Crippen molar-refractivity contribution in [3.63, 3.8) is 0 Å². The van der Waals surface area contributed by atoms with E-state index in [0.29, 0.717) is 23.2 Å². The minimum Gasteiger partial charge on any atom is -0.351 e. The molecule has 3 aromatic rings. The summed E-state index contributed by atoms with van der Waals surface area (Å²) >= 11 is 6.04. The third kappa shape index (κ3) is 5.53. The predicted molar refractivity (Wildman–Crippen MR) is 109 cm³/mol. The van der Waals surface area contributed by atoms with Crippen molar-refractivity contribution in [2.24, 2.45) is 0 Å². The van der Waals surface area contributed by atoms with Gasteiger partial charge >= 0.3 is 0 Å². The highest BCUT2D eigenvalue weighted by molar-refractivity contribution is 6.30. The Morgan fingerprint density at radius 2 is 1.93 bits per heavy atom. The molecule has 0 fully saturated rings. The molecule has 0 aliphatic rings. The summed E-state index contributed by atoms with van der Waals surface area (Å²) in [4.78, 5) is 20.8. The predicted octanol–water partition coefficient (Wildman–Crippen LogP) is 4.54. The Balaban J connectivity index is 1.56. The average molecular weight is 381 g/mol. The molecule has 0 bridgehead atoms. The first-order chi connectivity index (χ1) is 13.1. The normalized spacial score (nSPS) is 10.4. The maximum absolute atomic E-state index is 12.3. The summed E-state index contributed by atoms with van der Waals surface area (Å²) in [6.45, 7) is 2.55. The maximum Gasteiger partial charge on any atom is 0.270 e. The molecule has 0 saturated carbocycles. The zero-order valence-electron chi connectivity index (χ0n) is 15.1. The molecule has 27 heavy (non-hydrogen) atoms. The fourth-order valence-electron chi connectivity index (χ4n) is 2.62. The van der Waals surface area contributed by atoms with Gasteiger partial charge in [0, 0.05) is 23.5 Å². The van der Waals surface area contributed by atoms with Crippen molar-refractivity contribution in [3.8, 4) is 0 Å². The van der Waals surface area contributed by atoms with Gasteiger partial charge in [0.25, 0.3) is 5.91 Å². The fourth-order valence-corrected chi connectivity index (χ4v) is 2.80. The number of carbonyl (C=O) groups is 1. The van der Waals surface area contributed by atoms with Crippen LogP contribution in [0.4, 0.5) is 11.6 Å². The summed E-state index contributed by atoms with van der Waals surface area (Å²) < 4.78 is 0. The number of carbonyl (C=O) groups excluding carboxylic acids is 1. The van der Waals surface area contributed by atoms with Crippen molar-refractivity contribution in [1.82, 2.24) is 15.3 Å². The summed E-state index contributed by atoms with van der Waals surface area (Å²) in [5.74, 6) is 0.147. The standard InChI is InChI=1S/C21H21ClN4O/c1-15-9-10-17(22)14-19(15)26-21-24-13-11-18(25-21)20(27)23-12-5-8-16-6-3-2-4-7-16/h2-4,6-7,9-11,13-14H,5,8,12H2,1H3,(H,23,27)(H,24,25,26). The van der Waals surface area contributed by atoms with E-state index in [2.05, 4.69) is 32.7 Å². The Morgan fingerprint density at radius 1 is 1.11 bits per heavy atom. The summed E-state index contributed by atoms with van der Waals surface area (Å²) in [6.07, 6.45) is 3.35. The first-order valence-corrected chi connectivity index (χ1v) is 9.18. The van der Waals surface area contributed by atoms with Gasteiger partial charge in [0.15, 0.2) is 0 Å². The number of hydrogen-bond donors (Lipinski definition) is 2. The molecule has 0 aliphatic carbocycles. The van der Waals surface area contributed by atoms with E-state index in [-0.39, 0.29) is 5.91 Å². The Labute approximate surface area is 163 Å². The second-order valence-corrected chi connectivity index (χ2v) is 6.63. The van der Waals surface area contributed by atoms with Crippen LogP contribution in [0.1, 0.15) is 28.0 Å². The Hall–Kier alpha value is -2.92. The molecule has 2 aromatic carbocycles. The van der Waals surface area contributed by atoms with Gasteiger partial charge in [-0.15, -0.1) is 0 Å². The van der Waals surface area contributed by atoms with Crippen LogP contribution in [-0.2, 0) is 6.42 Å². The van der Waals surface area contributed by atoms with E-state index in [1.165, 1.54) is 5.56 Å². The van der Waals surface area contributed by atoms with Gasteiger partial charge in [0.05, 0.1) is 0 Å². The van der Waals surface area contributed by atoms with E-state index in [1.54, 1.807) is 18.3 Å². The van der Waals surface area contributed by atoms with Gasteiger partial charge in [-0.2, -0.15) is 0 Å². The van der Waals surface area contributed by atoms with E-state index in [0.717, 1.165) is 24.1 Å². The van der Waals surface area contributed by atoms with Crippen LogP contribution in [0.5, 0.6) is 0 Å². The minimum absolute atomic E-state index is 0.212. The van der Waals surface area contributed by atoms with Crippen LogP contribution in [0.2, 0.25) is 5.02 Å². The number of anilines is 2. The van der Waals surface area contributed by atoms with Gasteiger partial charge in [-0.05, 0) is 49.1 Å². The van der Waals surface area contributed by atoms with Crippen LogP contribution < -0.4 is 10.6 Å². The van der Waals surface area contributed by atoms with E-state index in [4.69, 9.17) is 11.6 Å². The molecule has 0 saturated heterocycles. The van der Waals surface area contributed by atoms with Crippen LogP contribution in [0.15, 0.2) is 60.8 Å². The van der Waals surface area contributed by atoms with Gasteiger partial charge < -0.3 is 10.6 Å². The number of amides is 1. The number of hydrogen-bond acceptors (Lipinski definition) is 4. The van der Waals surface area contributed by atoms with Crippen molar-refractivity contribution in [2.45, 2.75) is 19.8 Å². The third-order valence-corrected chi connectivity index (χ3v) is 4.34. The van der Waals surface area contributed by atoms with Crippen molar-refractivity contribution in [2.75, 3.05) is 11.9 Å².